The molecule has 1 aliphatic heterocycles. The van der Waals surface area contributed by atoms with Crippen LogP contribution < -0.4 is 0 Å². The van der Waals surface area contributed by atoms with Crippen molar-refractivity contribution in [1.82, 2.24) is 0 Å². The van der Waals surface area contributed by atoms with E-state index < -0.39 is 21.2 Å². The Morgan fingerprint density at radius 2 is 2.00 bits per heavy atom. The highest BCUT2D eigenvalue weighted by Gasteiger charge is 2.39. The topological polar surface area (TPSA) is 71.4 Å². The van der Waals surface area contributed by atoms with E-state index in [1.165, 1.54) is 6.07 Å². The molecule has 1 aromatic carbocycles. The first kappa shape index (κ1) is 14.3. The van der Waals surface area contributed by atoms with Gasteiger partial charge in [-0.1, -0.05) is 25.4 Å². The molecule has 104 valence electrons. The number of hydrogen-bond acceptors (Lipinski definition) is 3. The lowest BCUT2D eigenvalue weighted by Crippen LogP contribution is -2.32. The second-order valence-electron chi connectivity index (χ2n) is 5.49. The fraction of sp³-hybridized carbons (Fsp3) is 0.462. The highest BCUT2D eigenvalue weighted by Crippen LogP contribution is 2.44. The van der Waals surface area contributed by atoms with Crippen molar-refractivity contribution in [3.05, 3.63) is 27.8 Å². The maximum Gasteiger partial charge on any atom is 0.336 e. The molecule has 1 N–H and O–H groups in total. The minimum Gasteiger partial charge on any atom is -0.478 e. The van der Waals surface area contributed by atoms with Gasteiger partial charge in [0.2, 0.25) is 0 Å². The zero-order valence-corrected chi connectivity index (χ0v) is 12.5. The molecule has 0 radical (unpaired) electrons. The first-order valence-electron chi connectivity index (χ1n) is 5.87. The molecule has 1 aliphatic rings. The number of hydrogen-bond donors (Lipinski definition) is 1. The second-order valence-corrected chi connectivity index (χ2v) is 7.95. The van der Waals surface area contributed by atoms with Crippen molar-refractivity contribution < 1.29 is 18.3 Å². The maximum absolute atomic E-state index is 12.2. The Hall–Kier alpha value is -1.07. The molecule has 0 amide bonds. The van der Waals surface area contributed by atoms with Gasteiger partial charge in [0.25, 0.3) is 0 Å². The summed E-state index contributed by atoms with van der Waals surface area (Å²) in [7, 11) is -3.43. The van der Waals surface area contributed by atoms with Gasteiger partial charge in [0.15, 0.2) is 9.84 Å². The molecule has 0 aromatic heterocycles. The number of carbonyl (C=O) groups is 1. The Morgan fingerprint density at radius 3 is 2.53 bits per heavy atom. The molecular formula is C13H15ClO4S. The lowest BCUT2D eigenvalue weighted by molar-refractivity contribution is 0.0695. The van der Waals surface area contributed by atoms with E-state index in [4.69, 9.17) is 11.6 Å². The number of halogens is 1. The number of carboxylic acid groups (broad SMARTS) is 1. The molecule has 0 saturated carbocycles. The monoisotopic (exact) mass is 302 g/mol. The Kier molecular flexibility index (Phi) is 3.18. The normalized spacial score (nSPS) is 19.8. The van der Waals surface area contributed by atoms with Crippen LogP contribution in [0, 0.1) is 6.92 Å². The minimum atomic E-state index is -3.43. The molecule has 6 heteroatoms. The molecule has 0 unspecified atom stereocenters. The van der Waals surface area contributed by atoms with Crippen molar-refractivity contribution in [2.75, 3.05) is 5.75 Å². The standard InChI is InChI=1S/C13H15ClO4S/c1-7-8(12(15)16)6-9(14)11-10(7)13(2,3)4-5-19(11,17)18/h6H,4-5H2,1-3H3,(H,15,16). The molecule has 4 nitrogen and oxygen atoms in total. The maximum atomic E-state index is 12.2. The molecule has 1 heterocycles. The van der Waals surface area contributed by atoms with Crippen LogP contribution in [-0.2, 0) is 15.3 Å². The number of benzene rings is 1. The van der Waals surface area contributed by atoms with Gasteiger partial charge in [0, 0.05) is 0 Å². The zero-order chi connectivity index (χ0) is 14.6. The van der Waals surface area contributed by atoms with E-state index in [2.05, 4.69) is 0 Å². The second kappa shape index (κ2) is 4.21. The summed E-state index contributed by atoms with van der Waals surface area (Å²) in [6.45, 7) is 5.46. The third kappa shape index (κ3) is 2.15. The smallest absolute Gasteiger partial charge is 0.336 e. The van der Waals surface area contributed by atoms with Crippen LogP contribution in [0.25, 0.3) is 0 Å². The van der Waals surface area contributed by atoms with Crippen LogP contribution in [0.4, 0.5) is 0 Å². The van der Waals surface area contributed by atoms with Crippen molar-refractivity contribution in [3.63, 3.8) is 0 Å². The molecule has 0 spiro atoms. The van der Waals surface area contributed by atoms with Gasteiger partial charge in [-0.2, -0.15) is 0 Å². The molecule has 2 rings (SSSR count). The average molecular weight is 303 g/mol. The Morgan fingerprint density at radius 1 is 1.42 bits per heavy atom. The first-order valence-corrected chi connectivity index (χ1v) is 7.90. The number of carboxylic acids is 1. The van der Waals surface area contributed by atoms with Crippen molar-refractivity contribution in [1.29, 1.82) is 0 Å². The van der Waals surface area contributed by atoms with Gasteiger partial charge in [-0.3, -0.25) is 0 Å². The third-order valence-corrected chi connectivity index (χ3v) is 5.91. The fourth-order valence-corrected chi connectivity index (χ4v) is 5.32. The third-order valence-electron chi connectivity index (χ3n) is 3.71. The van der Waals surface area contributed by atoms with E-state index in [0.29, 0.717) is 17.5 Å². The van der Waals surface area contributed by atoms with Crippen LogP contribution in [0.2, 0.25) is 5.02 Å². The predicted octanol–water partition coefficient (Wildman–Crippen LogP) is 2.80. The molecule has 19 heavy (non-hydrogen) atoms. The zero-order valence-electron chi connectivity index (χ0n) is 10.9. The lowest BCUT2D eigenvalue weighted by atomic mass is 9.78. The van der Waals surface area contributed by atoms with E-state index in [9.17, 15) is 18.3 Å². The highest BCUT2D eigenvalue weighted by atomic mass is 35.5. The van der Waals surface area contributed by atoms with Crippen LogP contribution >= 0.6 is 11.6 Å². The van der Waals surface area contributed by atoms with Crippen LogP contribution in [0.15, 0.2) is 11.0 Å². The van der Waals surface area contributed by atoms with Crippen LogP contribution in [-0.4, -0.2) is 25.2 Å². The largest absolute Gasteiger partial charge is 0.478 e. The van der Waals surface area contributed by atoms with Crippen LogP contribution in [0.3, 0.4) is 0 Å². The quantitative estimate of drug-likeness (QED) is 0.866. The summed E-state index contributed by atoms with van der Waals surface area (Å²) in [4.78, 5) is 11.3. The van der Waals surface area contributed by atoms with Gasteiger partial charge in [0.05, 0.1) is 21.2 Å². The Balaban J connectivity index is 2.96. The SMILES string of the molecule is Cc1c(C(=O)O)cc(Cl)c2c1C(C)(C)CCS2(=O)=O. The van der Waals surface area contributed by atoms with E-state index in [0.717, 1.165) is 0 Å². The van der Waals surface area contributed by atoms with Crippen LogP contribution in [0.5, 0.6) is 0 Å². The Bertz CT molecular complexity index is 674. The van der Waals surface area contributed by atoms with E-state index >= 15 is 0 Å². The summed E-state index contributed by atoms with van der Waals surface area (Å²) in [5.74, 6) is -1.06. The summed E-state index contributed by atoms with van der Waals surface area (Å²) >= 11 is 6.03. The first-order chi connectivity index (χ1) is 8.58. The van der Waals surface area contributed by atoms with E-state index in [1.807, 2.05) is 13.8 Å². The van der Waals surface area contributed by atoms with Gasteiger partial charge in [-0.05, 0) is 36.0 Å². The average Bonchev–Trinajstić information content (AvgIpc) is 2.26. The van der Waals surface area contributed by atoms with Crippen molar-refractivity contribution >= 4 is 27.4 Å². The van der Waals surface area contributed by atoms with Crippen LogP contribution in [0.1, 0.15) is 41.8 Å². The van der Waals surface area contributed by atoms with Gasteiger partial charge >= 0.3 is 5.97 Å². The molecule has 1 aromatic rings. The van der Waals surface area contributed by atoms with E-state index in [1.54, 1.807) is 6.92 Å². The number of fused-ring (bicyclic) bond motifs is 1. The molecule has 0 aliphatic carbocycles. The summed E-state index contributed by atoms with van der Waals surface area (Å²) in [5, 5.41) is 9.19. The number of aromatic carboxylic acids is 1. The molecule has 0 saturated heterocycles. The number of sulfone groups is 1. The minimum absolute atomic E-state index is 0.00535. The van der Waals surface area contributed by atoms with E-state index in [-0.39, 0.29) is 21.2 Å². The van der Waals surface area contributed by atoms with Gasteiger partial charge in [-0.15, -0.1) is 0 Å². The number of rotatable bonds is 1. The van der Waals surface area contributed by atoms with Gasteiger partial charge < -0.3 is 5.11 Å². The summed E-state index contributed by atoms with van der Waals surface area (Å²) in [6.07, 6.45) is 0.461. The van der Waals surface area contributed by atoms with Gasteiger partial charge in [0.1, 0.15) is 0 Å². The van der Waals surface area contributed by atoms with Gasteiger partial charge in [-0.25, -0.2) is 13.2 Å². The predicted molar refractivity (Wildman–Crippen MR) is 72.8 cm³/mol. The summed E-state index contributed by atoms with van der Waals surface area (Å²) in [5.41, 5.74) is 0.692. The van der Waals surface area contributed by atoms with Crippen molar-refractivity contribution in [3.8, 4) is 0 Å². The van der Waals surface area contributed by atoms with Crippen molar-refractivity contribution in [2.24, 2.45) is 0 Å². The molecular weight excluding hydrogens is 288 g/mol. The highest BCUT2D eigenvalue weighted by molar-refractivity contribution is 7.91. The molecule has 0 atom stereocenters. The fourth-order valence-electron chi connectivity index (χ4n) is 2.68. The van der Waals surface area contributed by atoms with Crippen molar-refractivity contribution in [2.45, 2.75) is 37.5 Å². The Labute approximate surface area is 117 Å². The molecule has 0 bridgehead atoms. The summed E-state index contributed by atoms with van der Waals surface area (Å²) < 4.78 is 24.4. The molecule has 0 fully saturated rings. The summed E-state index contributed by atoms with van der Waals surface area (Å²) in [6, 6.07) is 1.23. The lowest BCUT2D eigenvalue weighted by Gasteiger charge is -2.34.